The number of carbonyl (C=O) groups is 4. The molecule has 0 aliphatic heterocycles. The van der Waals surface area contributed by atoms with Crippen LogP contribution >= 0.6 is 0 Å². The molecule has 2 atom stereocenters. The molecule has 0 aliphatic carbocycles. The number of hydrogen-bond donors (Lipinski definition) is 0. The Kier molecular flexibility index (Phi) is 48.8. The van der Waals surface area contributed by atoms with Crippen molar-refractivity contribution < 1.29 is 38.1 Å². The lowest BCUT2D eigenvalue weighted by Crippen LogP contribution is -2.30. The van der Waals surface area contributed by atoms with E-state index in [1.807, 2.05) is 0 Å². The molecule has 8 nitrogen and oxygen atoms in total. The summed E-state index contributed by atoms with van der Waals surface area (Å²) < 4.78 is 22.0. The lowest BCUT2D eigenvalue weighted by molar-refractivity contribution is -0.167. The third kappa shape index (κ3) is 47.1. The number of rotatable bonds is 50. The third-order valence-corrected chi connectivity index (χ3v) is 11.9. The maximum absolute atomic E-state index is 12.8. The molecule has 0 aliphatic rings. The van der Waals surface area contributed by atoms with E-state index in [2.05, 4.69) is 57.2 Å². The first kappa shape index (κ1) is 61.1. The maximum Gasteiger partial charge on any atom is 0.306 e. The molecule has 64 heavy (non-hydrogen) atoms. The number of allylic oxidation sites excluding steroid dienone is 5. The molecule has 0 spiro atoms. The second kappa shape index (κ2) is 51.1. The van der Waals surface area contributed by atoms with Crippen molar-refractivity contribution in [2.75, 3.05) is 13.2 Å². The molecule has 0 saturated heterocycles. The Bertz CT molecular complexity index is 1130. The van der Waals surface area contributed by atoms with Gasteiger partial charge in [-0.2, -0.15) is 0 Å². The monoisotopic (exact) mass is 901 g/mol. The SMILES string of the molecule is CCCCCCC/C=C\CCCCCCC(=O)OC(COC(=O)CCCCCCC/C=C\CCCCCCCC)COC(=O)CCCCCCC/C=C\CC(CCCCCC)OC=O. The highest BCUT2D eigenvalue weighted by Crippen LogP contribution is 2.15. The van der Waals surface area contributed by atoms with Crippen LogP contribution in [0.5, 0.6) is 0 Å². The Hall–Kier alpha value is -2.90. The van der Waals surface area contributed by atoms with Gasteiger partial charge in [-0.3, -0.25) is 19.2 Å². The quantitative estimate of drug-likeness (QED) is 0.0195. The van der Waals surface area contributed by atoms with Crippen LogP contribution in [0.1, 0.15) is 271 Å². The molecule has 0 radical (unpaired) electrons. The predicted octanol–water partition coefficient (Wildman–Crippen LogP) is 16.5. The highest BCUT2D eigenvalue weighted by atomic mass is 16.6. The van der Waals surface area contributed by atoms with E-state index in [9.17, 15) is 19.2 Å². The number of carbonyl (C=O) groups excluding carboxylic acids is 4. The molecule has 0 amide bonds. The summed E-state index contributed by atoms with van der Waals surface area (Å²) in [6, 6.07) is 0. The smallest absolute Gasteiger partial charge is 0.306 e. The van der Waals surface area contributed by atoms with Gasteiger partial charge in [0.2, 0.25) is 0 Å². The van der Waals surface area contributed by atoms with E-state index < -0.39 is 6.10 Å². The van der Waals surface area contributed by atoms with Crippen molar-refractivity contribution in [2.24, 2.45) is 0 Å². The average molecular weight is 901 g/mol. The largest absolute Gasteiger partial charge is 0.464 e. The van der Waals surface area contributed by atoms with E-state index in [0.29, 0.717) is 25.7 Å². The van der Waals surface area contributed by atoms with Crippen molar-refractivity contribution in [1.29, 1.82) is 0 Å². The van der Waals surface area contributed by atoms with Crippen molar-refractivity contribution in [3.8, 4) is 0 Å². The van der Waals surface area contributed by atoms with Gasteiger partial charge in [-0.15, -0.1) is 0 Å². The summed E-state index contributed by atoms with van der Waals surface area (Å²) in [5, 5.41) is 0. The zero-order valence-corrected chi connectivity index (χ0v) is 42.0. The van der Waals surface area contributed by atoms with Gasteiger partial charge in [-0.1, -0.05) is 186 Å². The number of hydrogen-bond acceptors (Lipinski definition) is 8. The van der Waals surface area contributed by atoms with E-state index in [-0.39, 0.29) is 37.2 Å². The Morgan fingerprint density at radius 3 is 1.09 bits per heavy atom. The number of ether oxygens (including phenoxy) is 4. The van der Waals surface area contributed by atoms with E-state index in [1.165, 1.54) is 109 Å². The minimum atomic E-state index is -0.809. The Morgan fingerprint density at radius 2 is 0.703 bits per heavy atom. The Morgan fingerprint density at radius 1 is 0.375 bits per heavy atom. The van der Waals surface area contributed by atoms with E-state index in [1.54, 1.807) is 0 Å². The summed E-state index contributed by atoms with van der Waals surface area (Å²) in [7, 11) is 0. The zero-order valence-electron chi connectivity index (χ0n) is 42.0. The van der Waals surface area contributed by atoms with Crippen LogP contribution in [0.15, 0.2) is 36.5 Å². The molecule has 0 rings (SSSR count). The van der Waals surface area contributed by atoms with Crippen LogP contribution in [0.4, 0.5) is 0 Å². The van der Waals surface area contributed by atoms with E-state index in [0.717, 1.165) is 122 Å². The van der Waals surface area contributed by atoms with Crippen molar-refractivity contribution in [3.63, 3.8) is 0 Å². The van der Waals surface area contributed by atoms with Gasteiger partial charge in [0, 0.05) is 25.7 Å². The van der Waals surface area contributed by atoms with Gasteiger partial charge in [-0.05, 0) is 96.3 Å². The van der Waals surface area contributed by atoms with Crippen LogP contribution in [0, 0.1) is 0 Å². The van der Waals surface area contributed by atoms with Crippen molar-refractivity contribution in [3.05, 3.63) is 36.5 Å². The van der Waals surface area contributed by atoms with Gasteiger partial charge in [0.15, 0.2) is 6.10 Å². The molecule has 0 heterocycles. The van der Waals surface area contributed by atoms with Crippen LogP contribution in [0.3, 0.4) is 0 Å². The summed E-state index contributed by atoms with van der Waals surface area (Å²) in [6.07, 6.45) is 54.2. The van der Waals surface area contributed by atoms with Gasteiger partial charge in [-0.25, -0.2) is 0 Å². The molecule has 8 heteroatoms. The van der Waals surface area contributed by atoms with Crippen LogP contribution < -0.4 is 0 Å². The van der Waals surface area contributed by atoms with Crippen LogP contribution in [0.25, 0.3) is 0 Å². The molecule has 0 N–H and O–H groups in total. The van der Waals surface area contributed by atoms with E-state index >= 15 is 0 Å². The molecular weight excluding hydrogens is 801 g/mol. The molecule has 0 aromatic rings. The first-order valence-corrected chi connectivity index (χ1v) is 27.0. The lowest BCUT2D eigenvalue weighted by atomic mass is 10.1. The minimum Gasteiger partial charge on any atom is -0.464 e. The topological polar surface area (TPSA) is 105 Å². The molecule has 0 saturated carbocycles. The van der Waals surface area contributed by atoms with Gasteiger partial charge >= 0.3 is 17.9 Å². The summed E-state index contributed by atoms with van der Waals surface area (Å²) in [5.74, 6) is -0.973. The van der Waals surface area contributed by atoms with Crippen molar-refractivity contribution in [1.82, 2.24) is 0 Å². The maximum atomic E-state index is 12.8. The summed E-state index contributed by atoms with van der Waals surface area (Å²) in [4.78, 5) is 48.9. The summed E-state index contributed by atoms with van der Waals surface area (Å²) in [5.41, 5.74) is 0. The molecule has 0 aromatic heterocycles. The number of esters is 3. The molecule has 0 aromatic carbocycles. The second-order valence-electron chi connectivity index (χ2n) is 18.2. The number of unbranched alkanes of at least 4 members (excludes halogenated alkanes) is 28. The van der Waals surface area contributed by atoms with Gasteiger partial charge in [0.1, 0.15) is 19.3 Å². The summed E-state index contributed by atoms with van der Waals surface area (Å²) >= 11 is 0. The fourth-order valence-electron chi connectivity index (χ4n) is 7.75. The Balaban J connectivity index is 4.49. The minimum absolute atomic E-state index is 0.0261. The van der Waals surface area contributed by atoms with Crippen LogP contribution in [-0.4, -0.2) is 49.8 Å². The first-order valence-electron chi connectivity index (χ1n) is 27.0. The molecule has 2 unspecified atom stereocenters. The molecule has 372 valence electrons. The standard InChI is InChI=1S/C56H100O8/c1-4-7-10-13-15-17-19-21-22-24-25-27-32-36-41-46-54(58)61-49-53(64-56(60)48-43-38-34-28-26-23-20-18-16-14-11-8-5-2)50-62-55(59)47-42-37-33-30-29-31-35-40-45-52(63-51-57)44-39-12-9-6-3/h20-23,35,40,51-53H,4-19,24-34,36-39,41-50H2,1-3H3/b22-21-,23-20-,40-35-. The van der Waals surface area contributed by atoms with Gasteiger partial charge in [0.25, 0.3) is 6.47 Å². The molecular formula is C56H100O8. The lowest BCUT2D eigenvalue weighted by Gasteiger charge is -2.18. The van der Waals surface area contributed by atoms with Crippen LogP contribution in [0.2, 0.25) is 0 Å². The zero-order chi connectivity index (χ0) is 46.7. The predicted molar refractivity (Wildman–Crippen MR) is 267 cm³/mol. The molecule has 0 fully saturated rings. The highest BCUT2D eigenvalue weighted by Gasteiger charge is 2.19. The van der Waals surface area contributed by atoms with E-state index in [4.69, 9.17) is 18.9 Å². The normalized spacial score (nSPS) is 12.6. The third-order valence-electron chi connectivity index (χ3n) is 11.9. The van der Waals surface area contributed by atoms with Gasteiger partial charge < -0.3 is 18.9 Å². The van der Waals surface area contributed by atoms with Crippen molar-refractivity contribution >= 4 is 24.4 Å². The molecule has 0 bridgehead atoms. The summed E-state index contributed by atoms with van der Waals surface area (Å²) in [6.45, 7) is 7.05. The first-order chi connectivity index (χ1) is 31.5. The fourth-order valence-corrected chi connectivity index (χ4v) is 7.75. The Labute approximate surface area is 394 Å². The second-order valence-corrected chi connectivity index (χ2v) is 18.2. The average Bonchev–Trinajstić information content (AvgIpc) is 3.29. The van der Waals surface area contributed by atoms with Gasteiger partial charge in [0.05, 0.1) is 0 Å². The highest BCUT2D eigenvalue weighted by molar-refractivity contribution is 5.71. The fraction of sp³-hybridized carbons (Fsp3) is 0.821. The van der Waals surface area contributed by atoms with Crippen molar-refractivity contribution in [2.45, 2.75) is 283 Å². The van der Waals surface area contributed by atoms with Crippen LogP contribution in [-0.2, 0) is 38.1 Å².